The molecule has 2 saturated heterocycles. The number of nitrogens with zero attached hydrogens (tertiary/aromatic N) is 2. The molecule has 2 aliphatic heterocycles. The maximum absolute atomic E-state index is 11.5. The summed E-state index contributed by atoms with van der Waals surface area (Å²) >= 11 is 0. The van der Waals surface area contributed by atoms with Gasteiger partial charge < -0.3 is 10.2 Å². The van der Waals surface area contributed by atoms with E-state index in [0.29, 0.717) is 18.1 Å². The van der Waals surface area contributed by atoms with E-state index in [4.69, 9.17) is 0 Å². The molecule has 6 heteroatoms. The Balaban J connectivity index is 1.92. The predicted molar refractivity (Wildman–Crippen MR) is 82.7 cm³/mol. The minimum atomic E-state index is -2.79. The lowest BCUT2D eigenvalue weighted by molar-refractivity contribution is 0.273. The fourth-order valence-electron chi connectivity index (χ4n) is 2.88. The highest BCUT2D eigenvalue weighted by Gasteiger charge is 2.28. The first-order valence-corrected chi connectivity index (χ1v) is 9.56. The summed E-state index contributed by atoms with van der Waals surface area (Å²) in [6.07, 6.45) is 3.19. The first kappa shape index (κ1) is 15.6. The van der Waals surface area contributed by atoms with Crippen molar-refractivity contribution in [2.45, 2.75) is 33.1 Å². The fourth-order valence-corrected chi connectivity index (χ4v) is 4.73. The van der Waals surface area contributed by atoms with Crippen LogP contribution in [0.1, 0.15) is 33.1 Å². The van der Waals surface area contributed by atoms with E-state index in [9.17, 15) is 8.42 Å². The third-order valence-corrected chi connectivity index (χ3v) is 6.08. The maximum atomic E-state index is 11.5. The summed E-state index contributed by atoms with van der Waals surface area (Å²) in [5.74, 6) is 2.62. The molecule has 1 unspecified atom stereocenters. The zero-order valence-electron chi connectivity index (χ0n) is 12.6. The second-order valence-corrected chi connectivity index (χ2v) is 8.36. The van der Waals surface area contributed by atoms with Crippen molar-refractivity contribution in [2.24, 2.45) is 16.8 Å². The average Bonchev–Trinajstić information content (AvgIpc) is 2.75. The standard InChI is InChI=1S/C14H27N3O2S/c1-3-15-14(17-7-4-12(2)5-8-17)16-10-13-6-9-20(18,19)11-13/h12-13H,3-11H2,1-2H3,(H,15,16). The molecule has 0 spiro atoms. The highest BCUT2D eigenvalue weighted by molar-refractivity contribution is 7.91. The Labute approximate surface area is 122 Å². The molecule has 0 aromatic heterocycles. The van der Waals surface area contributed by atoms with Crippen LogP contribution in [0.3, 0.4) is 0 Å². The highest BCUT2D eigenvalue weighted by Crippen LogP contribution is 2.19. The number of piperidine rings is 1. The third kappa shape index (κ3) is 4.36. The number of rotatable bonds is 3. The Bertz CT molecular complexity index is 439. The predicted octanol–water partition coefficient (Wildman–Crippen LogP) is 1.12. The van der Waals surface area contributed by atoms with Crippen molar-refractivity contribution in [3.63, 3.8) is 0 Å². The molecule has 0 bridgehead atoms. The molecule has 0 radical (unpaired) electrons. The average molecular weight is 301 g/mol. The molecule has 0 amide bonds. The Morgan fingerprint density at radius 2 is 2.00 bits per heavy atom. The van der Waals surface area contributed by atoms with Crippen LogP contribution in [0.25, 0.3) is 0 Å². The van der Waals surface area contributed by atoms with Gasteiger partial charge in [-0.1, -0.05) is 6.92 Å². The monoisotopic (exact) mass is 301 g/mol. The minimum Gasteiger partial charge on any atom is -0.357 e. The summed E-state index contributed by atoms with van der Waals surface area (Å²) in [6, 6.07) is 0. The Morgan fingerprint density at radius 3 is 2.55 bits per heavy atom. The van der Waals surface area contributed by atoms with Gasteiger partial charge in [0.15, 0.2) is 15.8 Å². The first-order valence-electron chi connectivity index (χ1n) is 7.74. The molecule has 5 nitrogen and oxygen atoms in total. The summed E-state index contributed by atoms with van der Waals surface area (Å²) in [7, 11) is -2.79. The number of hydrogen-bond donors (Lipinski definition) is 1. The van der Waals surface area contributed by atoms with Crippen LogP contribution in [0, 0.1) is 11.8 Å². The van der Waals surface area contributed by atoms with Crippen molar-refractivity contribution < 1.29 is 8.42 Å². The zero-order valence-corrected chi connectivity index (χ0v) is 13.5. The van der Waals surface area contributed by atoms with Crippen molar-refractivity contribution in [1.29, 1.82) is 0 Å². The van der Waals surface area contributed by atoms with Crippen LogP contribution in [0.4, 0.5) is 0 Å². The van der Waals surface area contributed by atoms with Gasteiger partial charge in [0.1, 0.15) is 0 Å². The number of aliphatic imine (C=N–C) groups is 1. The lowest BCUT2D eigenvalue weighted by Crippen LogP contribution is -2.45. The maximum Gasteiger partial charge on any atom is 0.193 e. The van der Waals surface area contributed by atoms with Gasteiger partial charge in [-0.05, 0) is 38.0 Å². The van der Waals surface area contributed by atoms with E-state index >= 15 is 0 Å². The van der Waals surface area contributed by atoms with Crippen molar-refractivity contribution >= 4 is 15.8 Å². The van der Waals surface area contributed by atoms with Gasteiger partial charge in [0, 0.05) is 26.2 Å². The lowest BCUT2D eigenvalue weighted by Gasteiger charge is -2.33. The summed E-state index contributed by atoms with van der Waals surface area (Å²) in [6.45, 7) is 7.96. The van der Waals surface area contributed by atoms with Crippen LogP contribution < -0.4 is 5.32 Å². The Morgan fingerprint density at radius 1 is 1.30 bits per heavy atom. The Kier molecular flexibility index (Phi) is 5.29. The molecular weight excluding hydrogens is 274 g/mol. The van der Waals surface area contributed by atoms with Crippen molar-refractivity contribution in [3.05, 3.63) is 0 Å². The number of nitrogens with one attached hydrogen (secondary N) is 1. The smallest absolute Gasteiger partial charge is 0.193 e. The van der Waals surface area contributed by atoms with Crippen LogP contribution in [-0.4, -0.2) is 57.0 Å². The van der Waals surface area contributed by atoms with Crippen molar-refractivity contribution in [3.8, 4) is 0 Å². The van der Waals surface area contributed by atoms with E-state index in [-0.39, 0.29) is 5.92 Å². The van der Waals surface area contributed by atoms with Gasteiger partial charge in [-0.25, -0.2) is 8.42 Å². The fraction of sp³-hybridized carbons (Fsp3) is 0.929. The minimum absolute atomic E-state index is 0.206. The van der Waals surface area contributed by atoms with Gasteiger partial charge in [0.05, 0.1) is 11.5 Å². The topological polar surface area (TPSA) is 61.8 Å². The van der Waals surface area contributed by atoms with Gasteiger partial charge in [-0.2, -0.15) is 0 Å². The second kappa shape index (κ2) is 6.78. The molecule has 0 aromatic carbocycles. The SMILES string of the molecule is CCNC(=NCC1CCS(=O)(=O)C1)N1CCC(C)CC1. The quantitative estimate of drug-likeness (QED) is 0.627. The summed E-state index contributed by atoms with van der Waals surface area (Å²) < 4.78 is 22.9. The van der Waals surface area contributed by atoms with Gasteiger partial charge in [0.25, 0.3) is 0 Å². The highest BCUT2D eigenvalue weighted by atomic mass is 32.2. The molecule has 1 atom stereocenters. The van der Waals surface area contributed by atoms with E-state index in [0.717, 1.165) is 37.9 Å². The van der Waals surface area contributed by atoms with Crippen molar-refractivity contribution in [1.82, 2.24) is 10.2 Å². The van der Waals surface area contributed by atoms with Gasteiger partial charge >= 0.3 is 0 Å². The van der Waals surface area contributed by atoms with Gasteiger partial charge in [0.2, 0.25) is 0 Å². The van der Waals surface area contributed by atoms with Crippen LogP contribution in [0.15, 0.2) is 4.99 Å². The molecule has 0 aromatic rings. The molecular formula is C14H27N3O2S. The zero-order chi connectivity index (χ0) is 14.6. The number of guanidine groups is 1. The molecule has 2 fully saturated rings. The largest absolute Gasteiger partial charge is 0.357 e. The number of hydrogen-bond acceptors (Lipinski definition) is 3. The van der Waals surface area contributed by atoms with E-state index in [1.807, 2.05) is 0 Å². The summed E-state index contributed by atoms with van der Waals surface area (Å²) in [5, 5.41) is 3.34. The lowest BCUT2D eigenvalue weighted by atomic mass is 9.99. The molecule has 2 aliphatic rings. The van der Waals surface area contributed by atoms with Gasteiger partial charge in [-0.3, -0.25) is 4.99 Å². The van der Waals surface area contributed by atoms with Crippen LogP contribution in [0.2, 0.25) is 0 Å². The molecule has 20 heavy (non-hydrogen) atoms. The van der Waals surface area contributed by atoms with Crippen LogP contribution in [-0.2, 0) is 9.84 Å². The van der Waals surface area contributed by atoms with E-state index in [2.05, 4.69) is 29.1 Å². The summed E-state index contributed by atoms with van der Waals surface area (Å²) in [4.78, 5) is 6.99. The summed E-state index contributed by atoms with van der Waals surface area (Å²) in [5.41, 5.74) is 0. The van der Waals surface area contributed by atoms with Gasteiger partial charge in [-0.15, -0.1) is 0 Å². The first-order chi connectivity index (χ1) is 9.50. The van der Waals surface area contributed by atoms with Crippen LogP contribution in [0.5, 0.6) is 0 Å². The third-order valence-electron chi connectivity index (χ3n) is 4.24. The second-order valence-electron chi connectivity index (χ2n) is 6.13. The molecule has 1 N–H and O–H groups in total. The molecule has 0 saturated carbocycles. The van der Waals surface area contributed by atoms with Crippen LogP contribution >= 0.6 is 0 Å². The van der Waals surface area contributed by atoms with E-state index in [1.165, 1.54) is 12.8 Å². The number of likely N-dealkylation sites (tertiary alicyclic amines) is 1. The van der Waals surface area contributed by atoms with E-state index < -0.39 is 9.84 Å². The van der Waals surface area contributed by atoms with Crippen molar-refractivity contribution in [2.75, 3.05) is 37.7 Å². The Hall–Kier alpha value is -0.780. The normalized spacial score (nSPS) is 27.8. The molecule has 2 heterocycles. The molecule has 2 rings (SSSR count). The molecule has 0 aliphatic carbocycles. The number of sulfone groups is 1. The van der Waals surface area contributed by atoms with E-state index in [1.54, 1.807) is 0 Å². The molecule has 116 valence electrons.